The van der Waals surface area contributed by atoms with E-state index in [9.17, 15) is 8.42 Å². The van der Waals surface area contributed by atoms with Gasteiger partial charge in [0.05, 0.1) is 5.69 Å². The SMILES string of the molecule is Cc1ccc(N(C)S(=O)(=O)c2cc(-c3noc(C4CCCC4)n3)cs2)cc1. The number of aromatic nitrogens is 2. The Hall–Kier alpha value is -2.19. The number of aryl methyl sites for hydroxylation is 1. The summed E-state index contributed by atoms with van der Waals surface area (Å²) in [6, 6.07) is 9.01. The first kappa shape index (κ1) is 18.2. The van der Waals surface area contributed by atoms with Crippen LogP contribution in [0.4, 0.5) is 5.69 Å². The Labute approximate surface area is 162 Å². The molecular formula is C19H21N3O3S2. The van der Waals surface area contributed by atoms with Crippen molar-refractivity contribution in [1.29, 1.82) is 0 Å². The topological polar surface area (TPSA) is 76.3 Å². The van der Waals surface area contributed by atoms with E-state index in [-0.39, 0.29) is 4.21 Å². The van der Waals surface area contributed by atoms with Crippen LogP contribution in [0.25, 0.3) is 11.4 Å². The Kier molecular flexibility index (Phi) is 4.77. The summed E-state index contributed by atoms with van der Waals surface area (Å²) in [5.74, 6) is 1.45. The molecule has 8 heteroatoms. The number of benzene rings is 1. The first-order valence-electron chi connectivity index (χ1n) is 8.93. The molecular weight excluding hydrogens is 382 g/mol. The highest BCUT2D eigenvalue weighted by Crippen LogP contribution is 2.35. The second kappa shape index (κ2) is 7.09. The number of thiophene rings is 1. The van der Waals surface area contributed by atoms with E-state index in [1.807, 2.05) is 19.1 Å². The molecule has 4 rings (SSSR count). The van der Waals surface area contributed by atoms with Crippen molar-refractivity contribution in [2.45, 2.75) is 42.7 Å². The summed E-state index contributed by atoms with van der Waals surface area (Å²) in [5.41, 5.74) is 2.38. The third-order valence-corrected chi connectivity index (χ3v) is 8.19. The molecule has 0 bridgehead atoms. The van der Waals surface area contributed by atoms with Crippen LogP contribution >= 0.6 is 11.3 Å². The molecule has 142 valence electrons. The molecule has 0 unspecified atom stereocenters. The predicted octanol–water partition coefficient (Wildman–Crippen LogP) is 4.59. The summed E-state index contributed by atoms with van der Waals surface area (Å²) in [5, 5.41) is 5.81. The highest BCUT2D eigenvalue weighted by atomic mass is 32.2. The van der Waals surface area contributed by atoms with Crippen LogP contribution in [0.5, 0.6) is 0 Å². The Morgan fingerprint density at radius 2 is 1.89 bits per heavy atom. The average Bonchev–Trinajstić information content (AvgIpc) is 3.41. The zero-order valence-corrected chi connectivity index (χ0v) is 16.9. The number of anilines is 1. The highest BCUT2D eigenvalue weighted by Gasteiger charge is 2.26. The molecule has 0 radical (unpaired) electrons. The normalized spacial score (nSPS) is 15.3. The summed E-state index contributed by atoms with van der Waals surface area (Å²) in [6.07, 6.45) is 4.53. The molecule has 0 spiro atoms. The molecule has 2 aromatic heterocycles. The fourth-order valence-electron chi connectivity index (χ4n) is 3.29. The molecule has 0 aliphatic heterocycles. The average molecular weight is 404 g/mol. The first-order chi connectivity index (χ1) is 12.9. The van der Waals surface area contributed by atoms with Gasteiger partial charge in [-0.15, -0.1) is 11.3 Å². The third-order valence-electron chi connectivity index (χ3n) is 4.99. The van der Waals surface area contributed by atoms with Crippen LogP contribution in [0.2, 0.25) is 0 Å². The molecule has 1 aliphatic rings. The monoisotopic (exact) mass is 403 g/mol. The van der Waals surface area contributed by atoms with Crippen molar-refractivity contribution in [3.05, 3.63) is 47.2 Å². The van der Waals surface area contributed by atoms with E-state index in [1.165, 1.54) is 28.5 Å². The van der Waals surface area contributed by atoms with Gasteiger partial charge in [0.15, 0.2) is 0 Å². The second-order valence-corrected chi connectivity index (χ2v) is 10.0. The lowest BCUT2D eigenvalue weighted by Gasteiger charge is -2.18. The summed E-state index contributed by atoms with van der Waals surface area (Å²) < 4.78 is 32.9. The van der Waals surface area contributed by atoms with E-state index >= 15 is 0 Å². The fourth-order valence-corrected chi connectivity index (χ4v) is 5.81. The fraction of sp³-hybridized carbons (Fsp3) is 0.368. The largest absolute Gasteiger partial charge is 0.339 e. The van der Waals surface area contributed by atoms with E-state index < -0.39 is 10.0 Å². The molecule has 6 nitrogen and oxygen atoms in total. The number of hydrogen-bond acceptors (Lipinski definition) is 6. The van der Waals surface area contributed by atoms with E-state index in [0.29, 0.717) is 28.9 Å². The maximum atomic E-state index is 12.9. The van der Waals surface area contributed by atoms with Gasteiger partial charge in [-0.1, -0.05) is 35.7 Å². The van der Waals surface area contributed by atoms with E-state index in [2.05, 4.69) is 10.1 Å². The van der Waals surface area contributed by atoms with Crippen molar-refractivity contribution in [2.24, 2.45) is 0 Å². The zero-order valence-electron chi connectivity index (χ0n) is 15.3. The third kappa shape index (κ3) is 3.51. The van der Waals surface area contributed by atoms with Gasteiger partial charge in [-0.05, 0) is 38.0 Å². The smallest absolute Gasteiger partial charge is 0.273 e. The van der Waals surface area contributed by atoms with Crippen LogP contribution in [-0.4, -0.2) is 25.6 Å². The zero-order chi connectivity index (χ0) is 19.0. The summed E-state index contributed by atoms with van der Waals surface area (Å²) in [7, 11) is -2.07. The lowest BCUT2D eigenvalue weighted by Crippen LogP contribution is -2.25. The predicted molar refractivity (Wildman–Crippen MR) is 106 cm³/mol. The maximum absolute atomic E-state index is 12.9. The van der Waals surface area contributed by atoms with Crippen LogP contribution in [0, 0.1) is 6.92 Å². The summed E-state index contributed by atoms with van der Waals surface area (Å²) in [4.78, 5) is 4.49. The lowest BCUT2D eigenvalue weighted by molar-refractivity contribution is 0.354. The summed E-state index contributed by atoms with van der Waals surface area (Å²) in [6.45, 7) is 1.97. The van der Waals surface area contributed by atoms with Crippen molar-refractivity contribution in [3.63, 3.8) is 0 Å². The highest BCUT2D eigenvalue weighted by molar-refractivity contribution is 7.94. The molecule has 0 N–H and O–H groups in total. The molecule has 0 atom stereocenters. The Bertz CT molecular complexity index is 1030. The second-order valence-electron chi connectivity index (χ2n) is 6.90. The van der Waals surface area contributed by atoms with Gasteiger partial charge >= 0.3 is 0 Å². The van der Waals surface area contributed by atoms with Crippen LogP contribution in [0.3, 0.4) is 0 Å². The molecule has 1 saturated carbocycles. The molecule has 2 heterocycles. The van der Waals surface area contributed by atoms with Crippen LogP contribution in [0.15, 0.2) is 44.4 Å². The van der Waals surface area contributed by atoms with Gasteiger partial charge in [0.2, 0.25) is 11.7 Å². The minimum absolute atomic E-state index is 0.257. The maximum Gasteiger partial charge on any atom is 0.273 e. The van der Waals surface area contributed by atoms with Gasteiger partial charge in [0.1, 0.15) is 4.21 Å². The molecule has 1 aliphatic carbocycles. The summed E-state index contributed by atoms with van der Waals surface area (Å²) >= 11 is 1.17. The van der Waals surface area contributed by atoms with Crippen molar-refractivity contribution >= 4 is 27.0 Å². The number of nitrogens with zero attached hydrogens (tertiary/aromatic N) is 3. The molecule has 0 amide bonds. The van der Waals surface area contributed by atoms with Crippen LogP contribution in [-0.2, 0) is 10.0 Å². The lowest BCUT2D eigenvalue weighted by atomic mass is 10.1. The van der Waals surface area contributed by atoms with Gasteiger partial charge in [0, 0.05) is 23.9 Å². The molecule has 27 heavy (non-hydrogen) atoms. The molecule has 1 aromatic carbocycles. The van der Waals surface area contributed by atoms with E-state index in [1.54, 1.807) is 30.6 Å². The number of sulfonamides is 1. The van der Waals surface area contributed by atoms with Crippen LogP contribution in [0.1, 0.15) is 43.1 Å². The minimum Gasteiger partial charge on any atom is -0.339 e. The Balaban J connectivity index is 1.58. The van der Waals surface area contributed by atoms with Gasteiger partial charge in [-0.25, -0.2) is 8.42 Å². The van der Waals surface area contributed by atoms with Gasteiger partial charge in [0.25, 0.3) is 10.0 Å². The van der Waals surface area contributed by atoms with Gasteiger partial charge in [-0.3, -0.25) is 4.31 Å². The first-order valence-corrected chi connectivity index (χ1v) is 11.3. The van der Waals surface area contributed by atoms with Crippen molar-refractivity contribution in [1.82, 2.24) is 10.1 Å². The van der Waals surface area contributed by atoms with Crippen molar-refractivity contribution in [3.8, 4) is 11.4 Å². The van der Waals surface area contributed by atoms with Crippen molar-refractivity contribution < 1.29 is 12.9 Å². The van der Waals surface area contributed by atoms with Crippen molar-refractivity contribution in [2.75, 3.05) is 11.4 Å². The number of rotatable bonds is 5. The molecule has 0 saturated heterocycles. The molecule has 3 aromatic rings. The van der Waals surface area contributed by atoms with Crippen LogP contribution < -0.4 is 4.31 Å². The van der Waals surface area contributed by atoms with Gasteiger partial charge in [-0.2, -0.15) is 4.98 Å². The number of hydrogen-bond donors (Lipinski definition) is 0. The molecule has 1 fully saturated rings. The van der Waals surface area contributed by atoms with Gasteiger partial charge < -0.3 is 4.52 Å². The minimum atomic E-state index is -3.64. The standard InChI is InChI=1S/C19H21N3O3S2/c1-13-7-9-16(10-8-13)22(2)27(23,24)17-11-15(12-26-17)18-20-19(25-21-18)14-5-3-4-6-14/h7-12,14H,3-6H2,1-2H3. The van der Waals surface area contributed by atoms with E-state index in [4.69, 9.17) is 4.52 Å². The quantitative estimate of drug-likeness (QED) is 0.623. The Morgan fingerprint density at radius 3 is 2.59 bits per heavy atom. The Morgan fingerprint density at radius 1 is 1.19 bits per heavy atom. The van der Waals surface area contributed by atoms with E-state index in [0.717, 1.165) is 18.4 Å².